The molecule has 1 spiro atoms. The summed E-state index contributed by atoms with van der Waals surface area (Å²) in [6.07, 6.45) is 3.42. The molecule has 2 saturated carbocycles. The lowest BCUT2D eigenvalue weighted by Gasteiger charge is -2.41. The van der Waals surface area contributed by atoms with E-state index in [1.807, 2.05) is 0 Å². The van der Waals surface area contributed by atoms with Crippen LogP contribution in [-0.2, 0) is 9.53 Å². The molecule has 0 unspecified atom stereocenters. The quantitative estimate of drug-likeness (QED) is 0.606. The Kier molecular flexibility index (Phi) is 1.83. The van der Waals surface area contributed by atoms with Crippen molar-refractivity contribution in [3.05, 3.63) is 0 Å². The molecule has 3 rings (SSSR count). The second kappa shape index (κ2) is 2.78. The van der Waals surface area contributed by atoms with Gasteiger partial charge in [-0.1, -0.05) is 13.8 Å². The number of fused-ring (bicyclic) bond motifs is 1. The molecule has 0 aromatic rings. The van der Waals surface area contributed by atoms with Crippen LogP contribution in [0.1, 0.15) is 40.0 Å². The fraction of sp³-hybridized carbons (Fsp3) is 0.833. The Hall–Kier alpha value is -0.640. The molecule has 0 radical (unpaired) electrons. The van der Waals surface area contributed by atoms with Crippen molar-refractivity contribution >= 4 is 23.3 Å². The number of carbonyl (C=O) groups is 1. The van der Waals surface area contributed by atoms with E-state index >= 15 is 0 Å². The third-order valence-electron chi connectivity index (χ3n) is 5.18. The maximum absolute atomic E-state index is 11.8. The van der Waals surface area contributed by atoms with Crippen LogP contribution in [0.25, 0.3) is 0 Å². The van der Waals surface area contributed by atoms with Crippen molar-refractivity contribution in [3.63, 3.8) is 0 Å². The van der Waals surface area contributed by atoms with Crippen molar-refractivity contribution in [1.82, 2.24) is 4.90 Å². The summed E-state index contributed by atoms with van der Waals surface area (Å²) in [5, 5.41) is 0.394. The van der Waals surface area contributed by atoms with Gasteiger partial charge in [-0.25, -0.2) is 0 Å². The second-order valence-corrected chi connectivity index (χ2v) is 6.19. The minimum absolute atomic E-state index is 0.0307. The van der Waals surface area contributed by atoms with Gasteiger partial charge < -0.3 is 4.74 Å². The van der Waals surface area contributed by atoms with E-state index in [0.717, 1.165) is 12.8 Å². The standard InChI is InChI=1S/C12H17NO2S/c1-7(14)13-10(16)15-9-6-8-4-5-12(9,13)11(8,2)3/h8-9H,4-6H2,1-3H3/t8-,9-,12+/m1/s1. The van der Waals surface area contributed by atoms with Gasteiger partial charge in [0.25, 0.3) is 5.17 Å². The molecule has 0 N–H and O–H groups in total. The molecule has 2 bridgehead atoms. The molecular weight excluding hydrogens is 222 g/mol. The lowest BCUT2D eigenvalue weighted by Crippen LogP contribution is -2.56. The lowest BCUT2D eigenvalue weighted by atomic mass is 9.74. The van der Waals surface area contributed by atoms with Crippen molar-refractivity contribution in [2.45, 2.75) is 51.7 Å². The second-order valence-electron chi connectivity index (χ2n) is 5.84. The molecular formula is C12H17NO2S. The highest BCUT2D eigenvalue weighted by atomic mass is 32.1. The molecule has 0 aromatic carbocycles. The zero-order chi connectivity index (χ0) is 11.7. The maximum Gasteiger partial charge on any atom is 0.267 e. The lowest BCUT2D eigenvalue weighted by molar-refractivity contribution is -0.131. The predicted octanol–water partition coefficient (Wildman–Crippen LogP) is 2.10. The van der Waals surface area contributed by atoms with E-state index in [-0.39, 0.29) is 23.0 Å². The van der Waals surface area contributed by atoms with Gasteiger partial charge in [0.2, 0.25) is 5.91 Å². The van der Waals surface area contributed by atoms with Gasteiger partial charge in [-0.3, -0.25) is 9.69 Å². The Morgan fingerprint density at radius 1 is 1.56 bits per heavy atom. The molecule has 16 heavy (non-hydrogen) atoms. The highest BCUT2D eigenvalue weighted by Crippen LogP contribution is 2.65. The van der Waals surface area contributed by atoms with E-state index < -0.39 is 0 Å². The van der Waals surface area contributed by atoms with Crippen molar-refractivity contribution in [1.29, 1.82) is 0 Å². The van der Waals surface area contributed by atoms with Gasteiger partial charge in [0.1, 0.15) is 6.10 Å². The zero-order valence-electron chi connectivity index (χ0n) is 9.95. The van der Waals surface area contributed by atoms with E-state index in [1.54, 1.807) is 11.8 Å². The molecule has 2 aliphatic carbocycles. The normalized spacial score (nSPS) is 43.4. The number of carbonyl (C=O) groups excluding carboxylic acids is 1. The fourth-order valence-electron chi connectivity index (χ4n) is 4.31. The van der Waals surface area contributed by atoms with Crippen LogP contribution in [0.4, 0.5) is 0 Å². The number of rotatable bonds is 0. The van der Waals surface area contributed by atoms with E-state index in [1.165, 1.54) is 6.42 Å². The Labute approximate surface area is 101 Å². The van der Waals surface area contributed by atoms with E-state index in [0.29, 0.717) is 11.1 Å². The Morgan fingerprint density at radius 3 is 2.81 bits per heavy atom. The number of hydrogen-bond acceptors (Lipinski definition) is 3. The molecule has 0 aromatic heterocycles. The third-order valence-corrected chi connectivity index (χ3v) is 5.46. The van der Waals surface area contributed by atoms with Gasteiger partial charge in [0, 0.05) is 6.92 Å². The Balaban J connectivity index is 2.15. The molecule has 3 fully saturated rings. The van der Waals surface area contributed by atoms with Crippen LogP contribution in [0.15, 0.2) is 0 Å². The number of ether oxygens (including phenoxy) is 1. The monoisotopic (exact) mass is 239 g/mol. The summed E-state index contributed by atoms with van der Waals surface area (Å²) in [7, 11) is 0. The summed E-state index contributed by atoms with van der Waals surface area (Å²) < 4.78 is 5.76. The first kappa shape index (κ1) is 10.5. The average Bonchev–Trinajstić information content (AvgIpc) is 2.67. The van der Waals surface area contributed by atoms with Crippen molar-refractivity contribution in [2.75, 3.05) is 0 Å². The molecule has 88 valence electrons. The molecule has 1 heterocycles. The average molecular weight is 239 g/mol. The van der Waals surface area contributed by atoms with Gasteiger partial charge in [-0.2, -0.15) is 0 Å². The van der Waals surface area contributed by atoms with Crippen LogP contribution in [0, 0.1) is 11.3 Å². The summed E-state index contributed by atoms with van der Waals surface area (Å²) in [5.41, 5.74) is -0.0233. The topological polar surface area (TPSA) is 29.5 Å². The van der Waals surface area contributed by atoms with Crippen LogP contribution < -0.4 is 0 Å². The van der Waals surface area contributed by atoms with Crippen LogP contribution in [-0.4, -0.2) is 27.6 Å². The number of amides is 1. The number of hydrogen-bond donors (Lipinski definition) is 0. The first-order valence-corrected chi connectivity index (χ1v) is 6.33. The highest BCUT2D eigenvalue weighted by Gasteiger charge is 2.72. The largest absolute Gasteiger partial charge is 0.465 e. The van der Waals surface area contributed by atoms with Gasteiger partial charge >= 0.3 is 0 Å². The SMILES string of the molecule is CC(=O)N1C(=S)O[C@@H]2C[C@H]3CC[C@@]21C3(C)C. The van der Waals surface area contributed by atoms with Crippen molar-refractivity contribution in [2.24, 2.45) is 11.3 Å². The molecule has 3 nitrogen and oxygen atoms in total. The fourth-order valence-corrected chi connectivity index (χ4v) is 4.72. The first-order valence-electron chi connectivity index (χ1n) is 5.92. The molecule has 1 amide bonds. The first-order chi connectivity index (χ1) is 7.41. The predicted molar refractivity (Wildman–Crippen MR) is 63.8 cm³/mol. The summed E-state index contributed by atoms with van der Waals surface area (Å²) in [6.45, 7) is 6.12. The van der Waals surface area contributed by atoms with Crippen LogP contribution >= 0.6 is 12.2 Å². The van der Waals surface area contributed by atoms with Crippen molar-refractivity contribution < 1.29 is 9.53 Å². The van der Waals surface area contributed by atoms with E-state index in [4.69, 9.17) is 17.0 Å². The summed E-state index contributed by atoms with van der Waals surface area (Å²) in [6, 6.07) is 0. The van der Waals surface area contributed by atoms with E-state index in [9.17, 15) is 4.79 Å². The number of nitrogens with zero attached hydrogens (tertiary/aromatic N) is 1. The molecule has 1 aliphatic heterocycles. The summed E-state index contributed by atoms with van der Waals surface area (Å²) in [4.78, 5) is 13.6. The third kappa shape index (κ3) is 0.873. The summed E-state index contributed by atoms with van der Waals surface area (Å²) in [5.74, 6) is 0.700. The molecule has 1 saturated heterocycles. The molecule has 4 heteroatoms. The molecule has 3 atom stereocenters. The van der Waals surface area contributed by atoms with Crippen LogP contribution in [0.5, 0.6) is 0 Å². The van der Waals surface area contributed by atoms with Gasteiger partial charge in [0.05, 0.1) is 5.54 Å². The molecule has 3 aliphatic rings. The van der Waals surface area contributed by atoms with Crippen LogP contribution in [0.3, 0.4) is 0 Å². The summed E-state index contributed by atoms with van der Waals surface area (Å²) >= 11 is 5.21. The van der Waals surface area contributed by atoms with Gasteiger partial charge in [0.15, 0.2) is 0 Å². The number of thiocarbonyl (C=S) groups is 1. The van der Waals surface area contributed by atoms with Gasteiger partial charge in [-0.15, -0.1) is 0 Å². The minimum Gasteiger partial charge on any atom is -0.465 e. The Bertz CT molecular complexity index is 392. The van der Waals surface area contributed by atoms with E-state index in [2.05, 4.69) is 13.8 Å². The highest BCUT2D eigenvalue weighted by molar-refractivity contribution is 7.80. The van der Waals surface area contributed by atoms with Crippen molar-refractivity contribution in [3.8, 4) is 0 Å². The Morgan fingerprint density at radius 2 is 2.25 bits per heavy atom. The minimum atomic E-state index is -0.152. The maximum atomic E-state index is 11.8. The zero-order valence-corrected chi connectivity index (χ0v) is 10.8. The van der Waals surface area contributed by atoms with Gasteiger partial charge in [-0.05, 0) is 42.8 Å². The smallest absolute Gasteiger partial charge is 0.267 e. The van der Waals surface area contributed by atoms with Crippen LogP contribution in [0.2, 0.25) is 0 Å².